The molecule has 0 aliphatic heterocycles. The maximum Gasteiger partial charge on any atom is 0.321 e. The smallest absolute Gasteiger partial charge is 0.321 e. The van der Waals surface area contributed by atoms with Crippen LogP contribution in [0.1, 0.15) is 23.2 Å². The van der Waals surface area contributed by atoms with Crippen molar-refractivity contribution in [3.63, 3.8) is 0 Å². The number of carbonyl (C=O) groups is 1. The van der Waals surface area contributed by atoms with Crippen molar-refractivity contribution in [2.24, 2.45) is 0 Å². The third kappa shape index (κ3) is 3.72. The number of benzene rings is 2. The number of hydrogen-bond donors (Lipinski definition) is 1. The second-order valence-electron chi connectivity index (χ2n) is 6.14. The number of fused-ring (bicyclic) bond motifs is 1. The quantitative estimate of drug-likeness (QED) is 0.632. The Morgan fingerprint density at radius 3 is 2.50 bits per heavy atom. The van der Waals surface area contributed by atoms with E-state index in [0.29, 0.717) is 11.0 Å². The fraction of sp³-hybridized carbons (Fsp3) is 0.263. The van der Waals surface area contributed by atoms with E-state index in [1.807, 2.05) is 32.9 Å². The highest BCUT2D eigenvalue weighted by molar-refractivity contribution is 7.99. The molecule has 0 saturated carbocycles. The van der Waals surface area contributed by atoms with E-state index in [-0.39, 0.29) is 16.8 Å². The first-order chi connectivity index (χ1) is 12.4. The average molecular weight is 375 g/mol. The van der Waals surface area contributed by atoms with Gasteiger partial charge in [-0.1, -0.05) is 41.6 Å². The van der Waals surface area contributed by atoms with Gasteiger partial charge in [0.25, 0.3) is 0 Å². The molecule has 1 N–H and O–H groups in total. The zero-order valence-corrected chi connectivity index (χ0v) is 15.5. The number of para-hydroxylation sites is 2. The Morgan fingerprint density at radius 2 is 1.85 bits per heavy atom. The molecule has 0 fully saturated rings. The molecule has 4 nitrogen and oxygen atoms in total. The summed E-state index contributed by atoms with van der Waals surface area (Å²) in [5.41, 5.74) is 4.68. The molecule has 0 aliphatic carbocycles. The van der Waals surface area contributed by atoms with Crippen molar-refractivity contribution >= 4 is 34.4 Å². The highest BCUT2D eigenvalue weighted by Gasteiger charge is 2.19. The number of amides is 1. The molecule has 1 amide bonds. The number of aromatic nitrogens is 2. The average Bonchev–Trinajstić information content (AvgIpc) is 2.94. The SMILES string of the molecule is Cc1cc(C)c(NC(=O)CSc2nc3ccccc3n2C(F)F)c(C)c1. The molecular weight excluding hydrogens is 356 g/mol. The van der Waals surface area contributed by atoms with Crippen LogP contribution in [0.15, 0.2) is 41.6 Å². The van der Waals surface area contributed by atoms with E-state index in [1.165, 1.54) is 0 Å². The molecule has 1 aromatic heterocycles. The minimum absolute atomic E-state index is 0.00278. The summed E-state index contributed by atoms with van der Waals surface area (Å²) >= 11 is 1.00. The second kappa shape index (κ2) is 7.45. The van der Waals surface area contributed by atoms with E-state index >= 15 is 0 Å². The van der Waals surface area contributed by atoms with Gasteiger partial charge in [-0.05, 0) is 44.0 Å². The van der Waals surface area contributed by atoms with Crippen LogP contribution >= 0.6 is 11.8 Å². The van der Waals surface area contributed by atoms with Crippen LogP contribution in [0.3, 0.4) is 0 Å². The van der Waals surface area contributed by atoms with Crippen molar-refractivity contribution in [3.8, 4) is 0 Å². The van der Waals surface area contributed by atoms with Gasteiger partial charge in [-0.15, -0.1) is 0 Å². The molecule has 0 bridgehead atoms. The lowest BCUT2D eigenvalue weighted by molar-refractivity contribution is -0.113. The first-order valence-electron chi connectivity index (χ1n) is 8.12. The van der Waals surface area contributed by atoms with Crippen molar-refractivity contribution in [1.29, 1.82) is 0 Å². The Balaban J connectivity index is 1.76. The minimum Gasteiger partial charge on any atom is -0.325 e. The zero-order valence-electron chi connectivity index (χ0n) is 14.7. The summed E-state index contributed by atoms with van der Waals surface area (Å²) in [6.45, 7) is 3.14. The summed E-state index contributed by atoms with van der Waals surface area (Å²) in [7, 11) is 0. The van der Waals surface area contributed by atoms with Crippen molar-refractivity contribution < 1.29 is 13.6 Å². The van der Waals surface area contributed by atoms with Crippen molar-refractivity contribution in [1.82, 2.24) is 9.55 Å². The number of alkyl halides is 2. The van der Waals surface area contributed by atoms with E-state index in [1.54, 1.807) is 24.3 Å². The standard InChI is InChI=1S/C19H19F2N3OS/c1-11-8-12(2)17(13(3)9-11)23-16(25)10-26-19-22-14-6-4-5-7-15(14)24(19)18(20)21/h4-9,18H,10H2,1-3H3,(H,23,25). The molecule has 26 heavy (non-hydrogen) atoms. The van der Waals surface area contributed by atoms with Crippen LogP contribution in [0.2, 0.25) is 0 Å². The van der Waals surface area contributed by atoms with Gasteiger partial charge in [0.2, 0.25) is 5.91 Å². The lowest BCUT2D eigenvalue weighted by Crippen LogP contribution is -2.16. The van der Waals surface area contributed by atoms with Crippen LogP contribution < -0.4 is 5.32 Å². The van der Waals surface area contributed by atoms with Gasteiger partial charge in [0.15, 0.2) is 5.16 Å². The van der Waals surface area contributed by atoms with Gasteiger partial charge in [-0.25, -0.2) is 4.98 Å². The van der Waals surface area contributed by atoms with Gasteiger partial charge in [0.05, 0.1) is 16.8 Å². The molecule has 2 aromatic carbocycles. The number of thioether (sulfide) groups is 1. The molecule has 7 heteroatoms. The first kappa shape index (κ1) is 18.4. The first-order valence-corrected chi connectivity index (χ1v) is 9.11. The summed E-state index contributed by atoms with van der Waals surface area (Å²) in [5.74, 6) is -0.249. The van der Waals surface area contributed by atoms with Gasteiger partial charge in [0.1, 0.15) is 0 Å². The Labute approximate surface area is 154 Å². The molecule has 0 radical (unpaired) electrons. The summed E-state index contributed by atoms with van der Waals surface area (Å²) in [4.78, 5) is 16.5. The van der Waals surface area contributed by atoms with Crippen molar-refractivity contribution in [3.05, 3.63) is 53.1 Å². The summed E-state index contributed by atoms with van der Waals surface area (Å²) in [6.07, 6.45) is 0. The number of rotatable bonds is 5. The molecule has 0 saturated heterocycles. The summed E-state index contributed by atoms with van der Waals surface area (Å²) in [6, 6.07) is 10.7. The largest absolute Gasteiger partial charge is 0.325 e. The van der Waals surface area contributed by atoms with Crippen LogP contribution in [0, 0.1) is 20.8 Å². The molecule has 0 aliphatic rings. The van der Waals surface area contributed by atoms with Crippen LogP contribution in [-0.2, 0) is 4.79 Å². The molecule has 3 rings (SSSR count). The number of nitrogens with zero attached hydrogens (tertiary/aromatic N) is 2. The zero-order chi connectivity index (χ0) is 18.8. The number of halogens is 2. The highest BCUT2D eigenvalue weighted by Crippen LogP contribution is 2.29. The van der Waals surface area contributed by atoms with E-state index < -0.39 is 6.55 Å². The van der Waals surface area contributed by atoms with Crippen LogP contribution in [0.4, 0.5) is 14.5 Å². The lowest BCUT2D eigenvalue weighted by atomic mass is 10.1. The maximum absolute atomic E-state index is 13.4. The van der Waals surface area contributed by atoms with Crippen LogP contribution in [-0.4, -0.2) is 21.2 Å². The Bertz CT molecular complexity index is 946. The highest BCUT2D eigenvalue weighted by atomic mass is 32.2. The fourth-order valence-electron chi connectivity index (χ4n) is 3.00. The predicted octanol–water partition coefficient (Wildman–Crippen LogP) is 5.09. The molecule has 3 aromatic rings. The van der Waals surface area contributed by atoms with E-state index in [4.69, 9.17) is 0 Å². The van der Waals surface area contributed by atoms with Crippen LogP contribution in [0.25, 0.3) is 11.0 Å². The Kier molecular flexibility index (Phi) is 5.27. The molecular formula is C19H19F2N3OS. The Hall–Kier alpha value is -2.41. The third-order valence-corrected chi connectivity index (χ3v) is 4.99. The predicted molar refractivity (Wildman–Crippen MR) is 101 cm³/mol. The normalized spacial score (nSPS) is 11.3. The summed E-state index contributed by atoms with van der Waals surface area (Å²) in [5, 5.41) is 3.01. The third-order valence-electron chi connectivity index (χ3n) is 4.03. The molecule has 1 heterocycles. The molecule has 0 unspecified atom stereocenters. The number of hydrogen-bond acceptors (Lipinski definition) is 3. The maximum atomic E-state index is 13.4. The fourth-order valence-corrected chi connectivity index (χ4v) is 3.81. The topological polar surface area (TPSA) is 46.9 Å². The van der Waals surface area contributed by atoms with Gasteiger partial charge < -0.3 is 5.32 Å². The lowest BCUT2D eigenvalue weighted by Gasteiger charge is -2.13. The number of anilines is 1. The van der Waals surface area contributed by atoms with E-state index in [2.05, 4.69) is 10.3 Å². The Morgan fingerprint density at radius 1 is 1.19 bits per heavy atom. The van der Waals surface area contributed by atoms with Crippen LogP contribution in [0.5, 0.6) is 0 Å². The monoisotopic (exact) mass is 375 g/mol. The van der Waals surface area contributed by atoms with E-state index in [0.717, 1.165) is 38.7 Å². The molecule has 0 spiro atoms. The van der Waals surface area contributed by atoms with Crippen molar-refractivity contribution in [2.45, 2.75) is 32.5 Å². The number of nitrogens with one attached hydrogen (secondary N) is 1. The van der Waals surface area contributed by atoms with Gasteiger partial charge in [0, 0.05) is 5.69 Å². The van der Waals surface area contributed by atoms with Gasteiger partial charge in [-0.2, -0.15) is 8.78 Å². The number of carbonyl (C=O) groups excluding carboxylic acids is 1. The summed E-state index contributed by atoms with van der Waals surface area (Å²) < 4.78 is 27.7. The van der Waals surface area contributed by atoms with Crippen molar-refractivity contribution in [2.75, 3.05) is 11.1 Å². The van der Waals surface area contributed by atoms with Gasteiger partial charge >= 0.3 is 6.55 Å². The number of aryl methyl sites for hydroxylation is 3. The molecule has 136 valence electrons. The van der Waals surface area contributed by atoms with E-state index in [9.17, 15) is 13.6 Å². The molecule has 0 atom stereocenters. The second-order valence-corrected chi connectivity index (χ2v) is 7.08. The minimum atomic E-state index is -2.71. The number of imidazole rings is 1. The van der Waals surface area contributed by atoms with Gasteiger partial charge in [-0.3, -0.25) is 9.36 Å².